The molecule has 3 aromatic rings. The third-order valence-corrected chi connectivity index (χ3v) is 5.07. The van der Waals surface area contributed by atoms with E-state index in [9.17, 15) is 0 Å². The number of hydrogen-bond donors (Lipinski definition) is 0. The third kappa shape index (κ3) is 4.34. The summed E-state index contributed by atoms with van der Waals surface area (Å²) in [7, 11) is 0. The molecule has 0 aliphatic heterocycles. The molecule has 0 aliphatic carbocycles. The second-order valence-corrected chi connectivity index (χ2v) is 7.98. The Hall–Kier alpha value is -2.30. The van der Waals surface area contributed by atoms with Gasteiger partial charge < -0.3 is 13.3 Å². The SMILES string of the molecule is Cc1cc(C(C)Cc2cnc(C(C)Cc3oc(C(C)C)nc3C)o2)oc1C. The summed E-state index contributed by atoms with van der Waals surface area (Å²) in [6.07, 6.45) is 3.33. The molecule has 5 heteroatoms. The lowest BCUT2D eigenvalue weighted by Crippen LogP contribution is -1.99. The van der Waals surface area contributed by atoms with E-state index in [2.05, 4.69) is 50.7 Å². The largest absolute Gasteiger partial charge is 0.466 e. The molecule has 146 valence electrons. The van der Waals surface area contributed by atoms with Crippen LogP contribution in [0.2, 0.25) is 0 Å². The predicted octanol–water partition coefficient (Wildman–Crippen LogP) is 6.00. The zero-order valence-corrected chi connectivity index (χ0v) is 17.4. The Morgan fingerprint density at radius 2 is 1.63 bits per heavy atom. The second kappa shape index (κ2) is 7.75. The van der Waals surface area contributed by atoms with Crippen LogP contribution in [0, 0.1) is 20.8 Å². The van der Waals surface area contributed by atoms with Crippen molar-refractivity contribution < 1.29 is 13.3 Å². The van der Waals surface area contributed by atoms with E-state index >= 15 is 0 Å². The van der Waals surface area contributed by atoms with E-state index in [1.54, 1.807) is 0 Å². The Morgan fingerprint density at radius 1 is 0.889 bits per heavy atom. The van der Waals surface area contributed by atoms with Crippen molar-refractivity contribution in [1.29, 1.82) is 0 Å². The van der Waals surface area contributed by atoms with Crippen LogP contribution < -0.4 is 0 Å². The lowest BCUT2D eigenvalue weighted by Gasteiger charge is -2.07. The van der Waals surface area contributed by atoms with Gasteiger partial charge in [-0.1, -0.05) is 27.7 Å². The average Bonchev–Trinajstić information content (AvgIpc) is 3.29. The van der Waals surface area contributed by atoms with Gasteiger partial charge in [-0.25, -0.2) is 9.97 Å². The Kier molecular flexibility index (Phi) is 5.59. The van der Waals surface area contributed by atoms with Gasteiger partial charge >= 0.3 is 0 Å². The molecule has 2 atom stereocenters. The Bertz CT molecular complexity index is 881. The summed E-state index contributed by atoms with van der Waals surface area (Å²) in [5.74, 6) is 5.98. The zero-order valence-electron chi connectivity index (χ0n) is 17.4. The van der Waals surface area contributed by atoms with Crippen LogP contribution in [0.25, 0.3) is 0 Å². The number of furan rings is 1. The average molecular weight is 370 g/mol. The molecule has 3 rings (SSSR count). The van der Waals surface area contributed by atoms with Crippen molar-refractivity contribution in [3.8, 4) is 0 Å². The lowest BCUT2D eigenvalue weighted by molar-refractivity contribution is 0.381. The smallest absolute Gasteiger partial charge is 0.197 e. The monoisotopic (exact) mass is 370 g/mol. The van der Waals surface area contributed by atoms with Crippen molar-refractivity contribution in [2.45, 2.75) is 79.1 Å². The minimum atomic E-state index is 0.133. The maximum Gasteiger partial charge on any atom is 0.197 e. The first-order valence-electron chi connectivity index (χ1n) is 9.72. The van der Waals surface area contributed by atoms with Crippen molar-refractivity contribution in [3.63, 3.8) is 0 Å². The number of hydrogen-bond acceptors (Lipinski definition) is 5. The molecule has 0 radical (unpaired) electrons. The van der Waals surface area contributed by atoms with Crippen LogP contribution in [-0.4, -0.2) is 9.97 Å². The van der Waals surface area contributed by atoms with Crippen LogP contribution in [0.5, 0.6) is 0 Å². The molecule has 0 fully saturated rings. The first-order valence-corrected chi connectivity index (χ1v) is 9.72. The van der Waals surface area contributed by atoms with Gasteiger partial charge in [0.25, 0.3) is 0 Å². The fourth-order valence-corrected chi connectivity index (χ4v) is 3.14. The van der Waals surface area contributed by atoms with Gasteiger partial charge in [0.15, 0.2) is 11.8 Å². The van der Waals surface area contributed by atoms with E-state index in [0.717, 1.165) is 53.4 Å². The molecule has 27 heavy (non-hydrogen) atoms. The first-order chi connectivity index (χ1) is 12.7. The molecule has 0 saturated carbocycles. The molecular formula is C22H30N2O3. The number of rotatable bonds is 7. The van der Waals surface area contributed by atoms with Crippen molar-refractivity contribution in [3.05, 3.63) is 58.3 Å². The lowest BCUT2D eigenvalue weighted by atomic mass is 10.0. The van der Waals surface area contributed by atoms with Gasteiger partial charge in [0.2, 0.25) is 0 Å². The zero-order chi connectivity index (χ0) is 19.7. The number of oxazole rings is 2. The molecule has 0 spiro atoms. The quantitative estimate of drug-likeness (QED) is 0.510. The molecule has 0 bridgehead atoms. The maximum absolute atomic E-state index is 6.03. The summed E-state index contributed by atoms with van der Waals surface area (Å²) < 4.78 is 17.8. The number of aryl methyl sites for hydroxylation is 3. The van der Waals surface area contributed by atoms with E-state index in [4.69, 9.17) is 13.3 Å². The van der Waals surface area contributed by atoms with Crippen LogP contribution in [0.1, 0.15) is 91.5 Å². The second-order valence-electron chi connectivity index (χ2n) is 7.98. The van der Waals surface area contributed by atoms with E-state index in [-0.39, 0.29) is 17.8 Å². The molecule has 0 amide bonds. The van der Waals surface area contributed by atoms with Crippen molar-refractivity contribution >= 4 is 0 Å². The summed E-state index contributed by atoms with van der Waals surface area (Å²) in [6.45, 7) is 14.5. The van der Waals surface area contributed by atoms with Gasteiger partial charge in [-0.2, -0.15) is 0 Å². The Morgan fingerprint density at radius 3 is 2.22 bits per heavy atom. The highest BCUT2D eigenvalue weighted by Gasteiger charge is 2.20. The standard InChI is InChI=1S/C22H30N2O3/c1-12(2)21-24-16(6)20(27-21)10-15(5)22-23-11-18(26-22)8-14(4)19-9-13(3)17(7)25-19/h9,11-12,14-15H,8,10H2,1-7H3. The van der Waals surface area contributed by atoms with E-state index < -0.39 is 0 Å². The van der Waals surface area contributed by atoms with E-state index in [1.807, 2.05) is 20.0 Å². The highest BCUT2D eigenvalue weighted by atomic mass is 16.4. The molecule has 0 aliphatic rings. The van der Waals surface area contributed by atoms with Crippen molar-refractivity contribution in [1.82, 2.24) is 9.97 Å². The van der Waals surface area contributed by atoms with Crippen LogP contribution in [-0.2, 0) is 12.8 Å². The third-order valence-electron chi connectivity index (χ3n) is 5.07. The minimum Gasteiger partial charge on any atom is -0.466 e. The van der Waals surface area contributed by atoms with Gasteiger partial charge in [-0.3, -0.25) is 0 Å². The summed E-state index contributed by atoms with van der Waals surface area (Å²) in [5.41, 5.74) is 2.14. The molecular weight excluding hydrogens is 340 g/mol. The number of aromatic nitrogens is 2. The molecule has 0 saturated heterocycles. The molecule has 3 heterocycles. The summed E-state index contributed by atoms with van der Waals surface area (Å²) in [5, 5.41) is 0. The van der Waals surface area contributed by atoms with Crippen LogP contribution in [0.3, 0.4) is 0 Å². The minimum absolute atomic E-state index is 0.133. The molecule has 0 aromatic carbocycles. The van der Waals surface area contributed by atoms with Crippen LogP contribution in [0.4, 0.5) is 0 Å². The van der Waals surface area contributed by atoms with E-state index in [0.29, 0.717) is 0 Å². The van der Waals surface area contributed by atoms with Crippen LogP contribution in [0.15, 0.2) is 25.5 Å². The Balaban J connectivity index is 1.66. The molecule has 2 unspecified atom stereocenters. The van der Waals surface area contributed by atoms with Gasteiger partial charge in [-0.05, 0) is 32.4 Å². The van der Waals surface area contributed by atoms with Gasteiger partial charge in [0, 0.05) is 30.6 Å². The fraction of sp³-hybridized carbons (Fsp3) is 0.545. The first kappa shape index (κ1) is 19.5. The van der Waals surface area contributed by atoms with Gasteiger partial charge in [0.1, 0.15) is 23.0 Å². The van der Waals surface area contributed by atoms with Crippen molar-refractivity contribution in [2.24, 2.45) is 0 Å². The molecule has 0 N–H and O–H groups in total. The van der Waals surface area contributed by atoms with Gasteiger partial charge in [0.05, 0.1) is 11.9 Å². The highest BCUT2D eigenvalue weighted by molar-refractivity contribution is 5.21. The molecule has 5 nitrogen and oxygen atoms in total. The summed E-state index contributed by atoms with van der Waals surface area (Å²) >= 11 is 0. The number of nitrogens with zero attached hydrogens (tertiary/aromatic N) is 2. The summed E-state index contributed by atoms with van der Waals surface area (Å²) in [4.78, 5) is 9.01. The summed E-state index contributed by atoms with van der Waals surface area (Å²) in [6, 6.07) is 2.11. The maximum atomic E-state index is 6.03. The fourth-order valence-electron chi connectivity index (χ4n) is 3.14. The van der Waals surface area contributed by atoms with Crippen LogP contribution >= 0.6 is 0 Å². The van der Waals surface area contributed by atoms with Crippen molar-refractivity contribution in [2.75, 3.05) is 0 Å². The normalized spacial score (nSPS) is 14.1. The van der Waals surface area contributed by atoms with E-state index in [1.165, 1.54) is 5.56 Å². The topological polar surface area (TPSA) is 65.2 Å². The highest BCUT2D eigenvalue weighted by Crippen LogP contribution is 2.28. The molecule has 3 aromatic heterocycles. The predicted molar refractivity (Wildman–Crippen MR) is 104 cm³/mol. The van der Waals surface area contributed by atoms with Gasteiger partial charge in [-0.15, -0.1) is 0 Å². The Labute approximate surface area is 161 Å².